The Labute approximate surface area is 150 Å². The molecular weight excluding hydrogens is 324 g/mol. The molecule has 0 bridgehead atoms. The van der Waals surface area contributed by atoms with E-state index in [2.05, 4.69) is 5.32 Å². The summed E-state index contributed by atoms with van der Waals surface area (Å²) in [7, 11) is 0. The number of amides is 2. The van der Waals surface area contributed by atoms with Gasteiger partial charge in [-0.1, -0.05) is 20.8 Å². The van der Waals surface area contributed by atoms with Crippen LogP contribution in [0.4, 0.5) is 4.79 Å². The highest BCUT2D eigenvalue weighted by molar-refractivity contribution is 5.90. The smallest absolute Gasteiger partial charge is 0.408 e. The van der Waals surface area contributed by atoms with Crippen molar-refractivity contribution < 1.29 is 24.2 Å². The number of carboxylic acid groups (broad SMARTS) is 1. The van der Waals surface area contributed by atoms with Crippen LogP contribution in [0.3, 0.4) is 0 Å². The molecule has 0 spiro atoms. The second kappa shape index (κ2) is 8.54. The first-order valence-electron chi connectivity index (χ1n) is 9.00. The van der Waals surface area contributed by atoms with E-state index in [4.69, 9.17) is 4.74 Å². The molecule has 1 saturated heterocycles. The van der Waals surface area contributed by atoms with Crippen molar-refractivity contribution in [1.82, 2.24) is 10.2 Å². The fraction of sp³-hybridized carbons (Fsp3) is 0.833. The molecule has 3 atom stereocenters. The van der Waals surface area contributed by atoms with E-state index in [1.165, 1.54) is 4.90 Å². The standard InChI is InChI=1S/C18H32N2O5/c1-7-12-8-9-14(16(22)23)20(12)15(21)13(10-11(2)3)19-17(24)25-18(4,5)6/h11-14H,7-10H2,1-6H3,(H,19,24)(H,22,23)/t12-,13-,14-/m0/s1. The monoisotopic (exact) mass is 356 g/mol. The molecule has 1 aliphatic rings. The lowest BCUT2D eigenvalue weighted by molar-refractivity contribution is -0.150. The van der Waals surface area contributed by atoms with Gasteiger partial charge in [-0.15, -0.1) is 0 Å². The lowest BCUT2D eigenvalue weighted by Crippen LogP contribution is -2.55. The van der Waals surface area contributed by atoms with Crippen LogP contribution in [0.2, 0.25) is 0 Å². The van der Waals surface area contributed by atoms with Gasteiger partial charge in [-0.25, -0.2) is 9.59 Å². The van der Waals surface area contributed by atoms with Crippen molar-refractivity contribution >= 4 is 18.0 Å². The fourth-order valence-electron chi connectivity index (χ4n) is 3.18. The third-order valence-corrected chi connectivity index (χ3v) is 4.21. The molecule has 2 amide bonds. The molecule has 0 aliphatic carbocycles. The number of ether oxygens (including phenoxy) is 1. The number of hydrogen-bond donors (Lipinski definition) is 2. The molecule has 0 saturated carbocycles. The van der Waals surface area contributed by atoms with Crippen molar-refractivity contribution in [1.29, 1.82) is 0 Å². The average Bonchev–Trinajstić information content (AvgIpc) is 2.87. The number of aliphatic carboxylic acids is 1. The van der Waals surface area contributed by atoms with Crippen molar-refractivity contribution in [3.63, 3.8) is 0 Å². The molecule has 7 nitrogen and oxygen atoms in total. The molecule has 2 N–H and O–H groups in total. The third-order valence-electron chi connectivity index (χ3n) is 4.21. The number of carbonyl (C=O) groups is 3. The van der Waals surface area contributed by atoms with Crippen molar-refractivity contribution in [2.75, 3.05) is 0 Å². The fourth-order valence-corrected chi connectivity index (χ4v) is 3.18. The maximum Gasteiger partial charge on any atom is 0.408 e. The van der Waals surface area contributed by atoms with Gasteiger partial charge in [0.1, 0.15) is 17.7 Å². The summed E-state index contributed by atoms with van der Waals surface area (Å²) in [5.41, 5.74) is -0.668. The van der Waals surface area contributed by atoms with E-state index in [1.54, 1.807) is 20.8 Å². The summed E-state index contributed by atoms with van der Waals surface area (Å²) in [5, 5.41) is 12.1. The molecule has 1 heterocycles. The van der Waals surface area contributed by atoms with E-state index in [9.17, 15) is 19.5 Å². The number of nitrogens with zero attached hydrogens (tertiary/aromatic N) is 1. The van der Waals surface area contributed by atoms with Gasteiger partial charge in [0.05, 0.1) is 0 Å². The van der Waals surface area contributed by atoms with Crippen LogP contribution in [0, 0.1) is 5.92 Å². The maximum atomic E-state index is 13.1. The largest absolute Gasteiger partial charge is 0.480 e. The van der Waals surface area contributed by atoms with E-state index in [0.717, 1.165) is 0 Å². The van der Waals surface area contributed by atoms with Crippen LogP contribution in [-0.2, 0) is 14.3 Å². The molecule has 0 unspecified atom stereocenters. The van der Waals surface area contributed by atoms with Crippen molar-refractivity contribution in [3.8, 4) is 0 Å². The van der Waals surface area contributed by atoms with Gasteiger partial charge in [0.15, 0.2) is 0 Å². The number of carbonyl (C=O) groups excluding carboxylic acids is 2. The second-order valence-corrected chi connectivity index (χ2v) is 8.07. The number of likely N-dealkylation sites (tertiary alicyclic amines) is 1. The van der Waals surface area contributed by atoms with Crippen LogP contribution in [0.25, 0.3) is 0 Å². The van der Waals surface area contributed by atoms with Gasteiger partial charge in [-0.05, 0) is 52.4 Å². The first-order chi connectivity index (χ1) is 11.5. The van der Waals surface area contributed by atoms with E-state index in [-0.39, 0.29) is 17.9 Å². The molecule has 7 heteroatoms. The Balaban J connectivity index is 2.98. The summed E-state index contributed by atoms with van der Waals surface area (Å²) >= 11 is 0. The van der Waals surface area contributed by atoms with Gasteiger partial charge in [-0.3, -0.25) is 4.79 Å². The van der Waals surface area contributed by atoms with Crippen molar-refractivity contribution in [3.05, 3.63) is 0 Å². The minimum absolute atomic E-state index is 0.108. The third kappa shape index (κ3) is 6.21. The first-order valence-corrected chi connectivity index (χ1v) is 9.00. The molecule has 0 aromatic heterocycles. The van der Waals surface area contributed by atoms with Gasteiger partial charge >= 0.3 is 12.1 Å². The predicted molar refractivity (Wildman–Crippen MR) is 94.2 cm³/mol. The zero-order valence-electron chi connectivity index (χ0n) is 16.2. The van der Waals surface area contributed by atoms with Gasteiger partial charge in [-0.2, -0.15) is 0 Å². The van der Waals surface area contributed by atoms with E-state index in [0.29, 0.717) is 25.7 Å². The van der Waals surface area contributed by atoms with Crippen LogP contribution in [0.1, 0.15) is 67.2 Å². The number of hydrogen-bond acceptors (Lipinski definition) is 4. The van der Waals surface area contributed by atoms with Crippen LogP contribution in [-0.4, -0.2) is 51.7 Å². The maximum absolute atomic E-state index is 13.1. The normalized spacial score (nSPS) is 22.0. The highest BCUT2D eigenvalue weighted by Crippen LogP contribution is 2.28. The first kappa shape index (κ1) is 21.3. The lowest BCUT2D eigenvalue weighted by Gasteiger charge is -2.32. The SMILES string of the molecule is CC[C@H]1CC[C@@H](C(=O)O)N1C(=O)[C@H](CC(C)C)NC(=O)OC(C)(C)C. The van der Waals surface area contributed by atoms with Crippen LogP contribution >= 0.6 is 0 Å². The zero-order valence-corrected chi connectivity index (χ0v) is 16.2. The Morgan fingerprint density at radius 1 is 1.24 bits per heavy atom. The predicted octanol–water partition coefficient (Wildman–Crippen LogP) is 2.78. The summed E-state index contributed by atoms with van der Waals surface area (Å²) in [6.45, 7) is 11.1. The van der Waals surface area contributed by atoms with E-state index in [1.807, 2.05) is 20.8 Å². The number of carboxylic acids is 1. The summed E-state index contributed by atoms with van der Waals surface area (Å²) in [5.74, 6) is -1.17. The second-order valence-electron chi connectivity index (χ2n) is 8.07. The Bertz CT molecular complexity index is 498. The molecule has 144 valence electrons. The highest BCUT2D eigenvalue weighted by Gasteiger charge is 2.43. The van der Waals surface area contributed by atoms with E-state index >= 15 is 0 Å². The van der Waals surface area contributed by atoms with Gasteiger partial charge < -0.3 is 20.1 Å². The lowest BCUT2D eigenvalue weighted by atomic mass is 10.0. The molecular formula is C18H32N2O5. The molecule has 1 rings (SSSR count). The number of rotatable bonds is 6. The topological polar surface area (TPSA) is 95.9 Å². The highest BCUT2D eigenvalue weighted by atomic mass is 16.6. The molecule has 1 aliphatic heterocycles. The Morgan fingerprint density at radius 2 is 1.84 bits per heavy atom. The van der Waals surface area contributed by atoms with Crippen molar-refractivity contribution in [2.45, 2.75) is 91.0 Å². The summed E-state index contributed by atoms with van der Waals surface area (Å²) in [6.07, 6.45) is 1.57. The quantitative estimate of drug-likeness (QED) is 0.763. The molecule has 1 fully saturated rings. The van der Waals surface area contributed by atoms with Gasteiger partial charge in [0.25, 0.3) is 0 Å². The molecule has 0 radical (unpaired) electrons. The van der Waals surface area contributed by atoms with Crippen molar-refractivity contribution in [2.24, 2.45) is 5.92 Å². The molecule has 25 heavy (non-hydrogen) atoms. The Morgan fingerprint density at radius 3 is 2.28 bits per heavy atom. The summed E-state index contributed by atoms with van der Waals surface area (Å²) in [4.78, 5) is 38.2. The Hall–Kier alpha value is -1.79. The van der Waals surface area contributed by atoms with E-state index < -0.39 is 29.7 Å². The minimum Gasteiger partial charge on any atom is -0.480 e. The molecule has 0 aromatic rings. The number of alkyl carbamates (subject to hydrolysis) is 1. The molecule has 0 aromatic carbocycles. The Kier molecular flexibility index (Phi) is 7.26. The minimum atomic E-state index is -0.995. The van der Waals surface area contributed by atoms with Crippen LogP contribution in [0.15, 0.2) is 0 Å². The van der Waals surface area contributed by atoms with Gasteiger partial charge in [0.2, 0.25) is 5.91 Å². The average molecular weight is 356 g/mol. The van der Waals surface area contributed by atoms with Crippen LogP contribution in [0.5, 0.6) is 0 Å². The number of nitrogens with one attached hydrogen (secondary N) is 1. The summed E-state index contributed by atoms with van der Waals surface area (Å²) < 4.78 is 5.25. The van der Waals surface area contributed by atoms with Gasteiger partial charge in [0, 0.05) is 6.04 Å². The summed E-state index contributed by atoms with van der Waals surface area (Å²) in [6, 6.07) is -1.72. The zero-order chi connectivity index (χ0) is 19.4. The van der Waals surface area contributed by atoms with Crippen LogP contribution < -0.4 is 5.32 Å².